The molecule has 4 aromatic rings. The summed E-state index contributed by atoms with van der Waals surface area (Å²) in [5.74, 6) is 1.98. The van der Waals surface area contributed by atoms with E-state index >= 15 is 0 Å². The molecule has 1 aromatic heterocycles. The van der Waals surface area contributed by atoms with Crippen LogP contribution in [0.1, 0.15) is 18.1 Å². The first-order chi connectivity index (χ1) is 18.5. The van der Waals surface area contributed by atoms with E-state index in [2.05, 4.69) is 0 Å². The Hall–Kier alpha value is -4.07. The summed E-state index contributed by atoms with van der Waals surface area (Å²) in [7, 11) is 1.63. The molecule has 0 amide bonds. The number of aromatic nitrogens is 3. The van der Waals surface area contributed by atoms with Crippen LogP contribution >= 0.6 is 0 Å². The molecule has 7 nitrogen and oxygen atoms in total. The van der Waals surface area contributed by atoms with E-state index in [0.717, 1.165) is 22.3 Å². The van der Waals surface area contributed by atoms with E-state index in [1.165, 1.54) is 0 Å². The highest BCUT2D eigenvalue weighted by Crippen LogP contribution is 2.33. The summed E-state index contributed by atoms with van der Waals surface area (Å²) >= 11 is 0. The maximum absolute atomic E-state index is 10.9. The number of ether oxygens (including phenoxy) is 3. The van der Waals surface area contributed by atoms with Gasteiger partial charge in [-0.3, -0.25) is 0 Å². The lowest BCUT2D eigenvalue weighted by atomic mass is 10.1. The van der Waals surface area contributed by atoms with Crippen LogP contribution in [0.5, 0.6) is 11.5 Å². The van der Waals surface area contributed by atoms with E-state index in [1.54, 1.807) is 25.3 Å². The molecule has 3 aromatic carbocycles. The third kappa shape index (κ3) is 7.03. The van der Waals surface area contributed by atoms with Gasteiger partial charge in [0.25, 0.3) is 0 Å². The van der Waals surface area contributed by atoms with Gasteiger partial charge in [-0.15, -0.1) is 0 Å². The van der Waals surface area contributed by atoms with Crippen molar-refractivity contribution in [3.05, 3.63) is 90.0 Å². The van der Waals surface area contributed by atoms with Gasteiger partial charge in [0.15, 0.2) is 17.5 Å². The molecule has 7 heteroatoms. The summed E-state index contributed by atoms with van der Waals surface area (Å²) < 4.78 is 16.7. The van der Waals surface area contributed by atoms with Gasteiger partial charge in [0.2, 0.25) is 0 Å². The number of nitrogens with zero attached hydrogens (tertiary/aromatic N) is 3. The molecule has 0 saturated heterocycles. The van der Waals surface area contributed by atoms with Crippen molar-refractivity contribution in [1.82, 2.24) is 15.0 Å². The first kappa shape index (κ1) is 27.0. The number of phenols is 1. The summed E-state index contributed by atoms with van der Waals surface area (Å²) in [6, 6.07) is 21.1. The second-order valence-electron chi connectivity index (χ2n) is 8.96. The van der Waals surface area contributed by atoms with Gasteiger partial charge < -0.3 is 19.3 Å². The summed E-state index contributed by atoms with van der Waals surface area (Å²) in [6.45, 7) is 7.27. The van der Waals surface area contributed by atoms with Crippen LogP contribution in [0.3, 0.4) is 0 Å². The number of aromatic hydroxyl groups is 1. The largest absolute Gasteiger partial charge is 0.507 e. The average molecular weight is 512 g/mol. The van der Waals surface area contributed by atoms with Crippen molar-refractivity contribution in [2.45, 2.75) is 26.9 Å². The van der Waals surface area contributed by atoms with Crippen molar-refractivity contribution in [2.24, 2.45) is 0 Å². The molecule has 0 radical (unpaired) electrons. The maximum atomic E-state index is 10.9. The fourth-order valence-corrected chi connectivity index (χ4v) is 3.79. The normalized spacial score (nSPS) is 12.1. The standard InChI is InChI=1S/C31H33N3O4/c1-5-6-26(37-18-17-36-4)20-38-25-15-16-27(28(35)19-25)31-33-29(23-11-7-21(2)8-12-23)32-30(34-31)24-13-9-22(3)10-14-24/h5-16,19,26,35H,17-18,20H2,1-4H3. The lowest BCUT2D eigenvalue weighted by molar-refractivity contribution is 0.0182. The van der Waals surface area contributed by atoms with Crippen LogP contribution in [-0.4, -0.2) is 53.1 Å². The monoisotopic (exact) mass is 511 g/mol. The van der Waals surface area contributed by atoms with Gasteiger partial charge in [-0.05, 0) is 32.9 Å². The second-order valence-corrected chi connectivity index (χ2v) is 8.96. The lowest BCUT2D eigenvalue weighted by Gasteiger charge is -2.16. The molecule has 196 valence electrons. The van der Waals surface area contributed by atoms with Crippen LogP contribution in [0.2, 0.25) is 0 Å². The molecule has 1 heterocycles. The van der Waals surface area contributed by atoms with E-state index in [-0.39, 0.29) is 11.9 Å². The number of phenolic OH excluding ortho intramolecular Hbond substituents is 1. The van der Waals surface area contributed by atoms with E-state index in [0.29, 0.717) is 48.6 Å². The van der Waals surface area contributed by atoms with Crippen molar-refractivity contribution in [1.29, 1.82) is 0 Å². The molecular formula is C31H33N3O4. The van der Waals surface area contributed by atoms with Gasteiger partial charge in [0.05, 0.1) is 18.8 Å². The van der Waals surface area contributed by atoms with Crippen LogP contribution in [0.4, 0.5) is 0 Å². The minimum absolute atomic E-state index is 0.0151. The predicted octanol–water partition coefficient (Wildman–Crippen LogP) is 6.18. The van der Waals surface area contributed by atoms with Crippen molar-refractivity contribution < 1.29 is 19.3 Å². The maximum Gasteiger partial charge on any atom is 0.167 e. The predicted molar refractivity (Wildman–Crippen MR) is 149 cm³/mol. The number of allylic oxidation sites excluding steroid dienone is 1. The molecular weight excluding hydrogens is 478 g/mol. The number of methoxy groups -OCH3 is 1. The lowest BCUT2D eigenvalue weighted by Crippen LogP contribution is -2.21. The molecule has 1 atom stereocenters. The Morgan fingerprint density at radius 3 is 1.89 bits per heavy atom. The summed E-state index contributed by atoms with van der Waals surface area (Å²) in [5, 5.41) is 10.9. The summed E-state index contributed by atoms with van der Waals surface area (Å²) in [4.78, 5) is 14.2. The van der Waals surface area contributed by atoms with Crippen LogP contribution < -0.4 is 4.74 Å². The molecule has 0 aliphatic rings. The molecule has 0 spiro atoms. The Morgan fingerprint density at radius 1 is 0.789 bits per heavy atom. The van der Waals surface area contributed by atoms with E-state index < -0.39 is 0 Å². The Balaban J connectivity index is 1.64. The summed E-state index contributed by atoms with van der Waals surface area (Å²) in [5.41, 5.74) is 4.53. The van der Waals surface area contributed by atoms with Crippen molar-refractivity contribution >= 4 is 0 Å². The third-order valence-electron chi connectivity index (χ3n) is 5.91. The molecule has 1 N–H and O–H groups in total. The molecule has 1 unspecified atom stereocenters. The molecule has 0 saturated carbocycles. The highest BCUT2D eigenvalue weighted by molar-refractivity contribution is 5.70. The number of hydrogen-bond donors (Lipinski definition) is 1. The second kappa shape index (κ2) is 12.9. The number of aryl methyl sites for hydroxylation is 2. The Labute approximate surface area is 223 Å². The van der Waals surface area contributed by atoms with Crippen LogP contribution in [0.25, 0.3) is 34.2 Å². The zero-order chi connectivity index (χ0) is 26.9. The molecule has 0 fully saturated rings. The van der Waals surface area contributed by atoms with Gasteiger partial charge in [-0.2, -0.15) is 0 Å². The van der Waals surface area contributed by atoms with Crippen LogP contribution in [0.15, 0.2) is 78.9 Å². The molecule has 0 aliphatic heterocycles. The molecule has 4 rings (SSSR count). The fourth-order valence-electron chi connectivity index (χ4n) is 3.79. The number of hydrogen-bond acceptors (Lipinski definition) is 7. The minimum Gasteiger partial charge on any atom is -0.507 e. The van der Waals surface area contributed by atoms with E-state index in [1.807, 2.05) is 81.5 Å². The quantitative estimate of drug-likeness (QED) is 0.190. The average Bonchev–Trinajstić information content (AvgIpc) is 2.92. The van der Waals surface area contributed by atoms with Gasteiger partial charge in [-0.1, -0.05) is 71.8 Å². The highest BCUT2D eigenvalue weighted by Gasteiger charge is 2.16. The van der Waals surface area contributed by atoms with Gasteiger partial charge >= 0.3 is 0 Å². The molecule has 38 heavy (non-hydrogen) atoms. The number of rotatable bonds is 11. The van der Waals surface area contributed by atoms with E-state index in [4.69, 9.17) is 29.2 Å². The van der Waals surface area contributed by atoms with Crippen molar-refractivity contribution in [2.75, 3.05) is 26.9 Å². The number of benzene rings is 3. The minimum atomic E-state index is -0.227. The Morgan fingerprint density at radius 2 is 1.37 bits per heavy atom. The zero-order valence-electron chi connectivity index (χ0n) is 22.2. The first-order valence-electron chi connectivity index (χ1n) is 12.6. The topological polar surface area (TPSA) is 86.6 Å². The Kier molecular flexibility index (Phi) is 9.19. The Bertz CT molecular complexity index is 1310. The molecule has 0 bridgehead atoms. The first-order valence-corrected chi connectivity index (χ1v) is 12.6. The van der Waals surface area contributed by atoms with E-state index in [9.17, 15) is 5.11 Å². The van der Waals surface area contributed by atoms with Gasteiger partial charge in [-0.25, -0.2) is 15.0 Å². The fraction of sp³-hybridized carbons (Fsp3) is 0.258. The van der Waals surface area contributed by atoms with Gasteiger partial charge in [0, 0.05) is 24.3 Å². The van der Waals surface area contributed by atoms with Crippen LogP contribution in [0, 0.1) is 13.8 Å². The highest BCUT2D eigenvalue weighted by atomic mass is 16.5. The smallest absolute Gasteiger partial charge is 0.167 e. The summed E-state index contributed by atoms with van der Waals surface area (Å²) in [6.07, 6.45) is 3.61. The molecule has 0 aliphatic carbocycles. The van der Waals surface area contributed by atoms with Crippen molar-refractivity contribution in [3.63, 3.8) is 0 Å². The third-order valence-corrected chi connectivity index (χ3v) is 5.91. The zero-order valence-corrected chi connectivity index (χ0v) is 22.2. The SMILES string of the molecule is CC=CC(COc1ccc(-c2nc(-c3ccc(C)cc3)nc(-c3ccc(C)cc3)n2)c(O)c1)OCCOC. The van der Waals surface area contributed by atoms with Crippen LogP contribution in [-0.2, 0) is 9.47 Å². The van der Waals surface area contributed by atoms with Crippen molar-refractivity contribution in [3.8, 4) is 45.7 Å². The van der Waals surface area contributed by atoms with Gasteiger partial charge in [0.1, 0.15) is 24.2 Å².